The molecule has 0 heterocycles. The van der Waals surface area contributed by atoms with Gasteiger partial charge in [-0.05, 0) is 36.4 Å². The highest BCUT2D eigenvalue weighted by molar-refractivity contribution is 7.89. The molecule has 9 heteroatoms. The highest BCUT2D eigenvalue weighted by Gasteiger charge is 2.26. The summed E-state index contributed by atoms with van der Waals surface area (Å²) in [5.41, 5.74) is 0.415. The minimum absolute atomic E-state index is 0.0253. The van der Waals surface area contributed by atoms with Gasteiger partial charge in [0.25, 0.3) is 5.91 Å². The molecule has 0 saturated heterocycles. The number of hydrogen-bond acceptors (Lipinski definition) is 5. The monoisotopic (exact) mass is 406 g/mol. The molecule has 0 fully saturated rings. The fourth-order valence-corrected chi connectivity index (χ4v) is 4.29. The number of rotatable bonds is 8. The minimum atomic E-state index is -3.84. The molecule has 2 aromatic carbocycles. The van der Waals surface area contributed by atoms with Gasteiger partial charge in [0.15, 0.2) is 0 Å². The zero-order valence-corrected chi connectivity index (χ0v) is 16.6. The number of nitrogens with one attached hydrogen (secondary N) is 1. The number of carbonyl (C=O) groups excluding carboxylic acids is 1. The van der Waals surface area contributed by atoms with Gasteiger partial charge in [0.2, 0.25) is 10.0 Å². The normalized spacial score (nSPS) is 11.3. The van der Waals surface area contributed by atoms with Crippen molar-refractivity contribution >= 4 is 27.6 Å². The number of anilines is 1. The summed E-state index contributed by atoms with van der Waals surface area (Å²) in [4.78, 5) is 23.5. The molecule has 8 nitrogen and oxygen atoms in total. The van der Waals surface area contributed by atoms with Gasteiger partial charge >= 0.3 is 5.97 Å². The standard InChI is InChI=1S/C19H22N2O6S/c1-4-21(5-2)28(25,26)17-12-13(9-10-16(17)27-3)18(22)20-15-8-6-7-14(11-15)19(23)24/h6-12H,4-5H2,1-3H3,(H,20,22)(H,23,24). The average Bonchev–Trinajstić information content (AvgIpc) is 2.68. The second-order valence-corrected chi connectivity index (χ2v) is 7.70. The fraction of sp³-hybridized carbons (Fsp3) is 0.263. The van der Waals surface area contributed by atoms with E-state index in [1.807, 2.05) is 0 Å². The minimum Gasteiger partial charge on any atom is -0.495 e. The van der Waals surface area contributed by atoms with Crippen molar-refractivity contribution < 1.29 is 27.9 Å². The van der Waals surface area contributed by atoms with Crippen LogP contribution in [0.5, 0.6) is 5.75 Å². The van der Waals surface area contributed by atoms with Crippen LogP contribution in [0.1, 0.15) is 34.6 Å². The van der Waals surface area contributed by atoms with Gasteiger partial charge in [-0.2, -0.15) is 4.31 Å². The summed E-state index contributed by atoms with van der Waals surface area (Å²) in [6.45, 7) is 4.00. The van der Waals surface area contributed by atoms with Gasteiger partial charge in [-0.3, -0.25) is 4.79 Å². The Hall–Kier alpha value is -2.91. The number of methoxy groups -OCH3 is 1. The summed E-state index contributed by atoms with van der Waals surface area (Å²) in [5.74, 6) is -1.55. The third-order valence-corrected chi connectivity index (χ3v) is 6.19. The van der Waals surface area contributed by atoms with E-state index in [0.29, 0.717) is 0 Å². The van der Waals surface area contributed by atoms with E-state index in [1.165, 1.54) is 47.8 Å². The van der Waals surface area contributed by atoms with Crippen molar-refractivity contribution in [1.82, 2.24) is 4.31 Å². The predicted octanol–water partition coefficient (Wildman–Crippen LogP) is 2.68. The molecule has 0 aliphatic rings. The molecule has 0 saturated carbocycles. The molecular weight excluding hydrogens is 384 g/mol. The molecule has 0 spiro atoms. The van der Waals surface area contributed by atoms with Gasteiger partial charge in [-0.25, -0.2) is 13.2 Å². The summed E-state index contributed by atoms with van der Waals surface area (Å²) in [7, 11) is -2.49. The maximum atomic E-state index is 12.9. The Kier molecular flexibility index (Phi) is 6.76. The first-order valence-corrected chi connectivity index (χ1v) is 10.0. The molecule has 1 amide bonds. The molecule has 0 radical (unpaired) electrons. The van der Waals surface area contributed by atoms with E-state index in [2.05, 4.69) is 5.32 Å². The number of carboxylic acid groups (broad SMARTS) is 1. The van der Waals surface area contributed by atoms with Crippen LogP contribution in [0.15, 0.2) is 47.4 Å². The third-order valence-electron chi connectivity index (χ3n) is 4.12. The van der Waals surface area contributed by atoms with Crippen LogP contribution in [0.25, 0.3) is 0 Å². The molecular formula is C19H22N2O6S. The van der Waals surface area contributed by atoms with Gasteiger partial charge in [-0.15, -0.1) is 0 Å². The van der Waals surface area contributed by atoms with Gasteiger partial charge in [0, 0.05) is 24.3 Å². The molecule has 0 aliphatic carbocycles. The Morgan fingerprint density at radius 2 is 1.75 bits per heavy atom. The number of ether oxygens (including phenoxy) is 1. The van der Waals surface area contributed by atoms with Crippen LogP contribution in [-0.2, 0) is 10.0 Å². The first-order valence-electron chi connectivity index (χ1n) is 8.57. The summed E-state index contributed by atoms with van der Waals surface area (Å²) in [6, 6.07) is 9.88. The quantitative estimate of drug-likeness (QED) is 0.697. The largest absolute Gasteiger partial charge is 0.495 e. The molecule has 150 valence electrons. The third kappa shape index (κ3) is 4.49. The van der Waals surface area contributed by atoms with Gasteiger partial charge in [0.05, 0.1) is 12.7 Å². The van der Waals surface area contributed by atoms with E-state index < -0.39 is 21.9 Å². The predicted molar refractivity (Wildman–Crippen MR) is 104 cm³/mol. The lowest BCUT2D eigenvalue weighted by Crippen LogP contribution is -2.31. The van der Waals surface area contributed by atoms with E-state index in [1.54, 1.807) is 19.9 Å². The zero-order valence-electron chi connectivity index (χ0n) is 15.8. The van der Waals surface area contributed by atoms with Crippen molar-refractivity contribution in [2.45, 2.75) is 18.7 Å². The Morgan fingerprint density at radius 3 is 2.32 bits per heavy atom. The number of carbonyl (C=O) groups is 2. The van der Waals surface area contributed by atoms with E-state index in [-0.39, 0.29) is 40.5 Å². The van der Waals surface area contributed by atoms with E-state index in [4.69, 9.17) is 9.84 Å². The van der Waals surface area contributed by atoms with Crippen molar-refractivity contribution in [2.75, 3.05) is 25.5 Å². The Morgan fingerprint density at radius 1 is 1.07 bits per heavy atom. The van der Waals surface area contributed by atoms with Gasteiger partial charge in [-0.1, -0.05) is 19.9 Å². The molecule has 0 bridgehead atoms. The van der Waals surface area contributed by atoms with Gasteiger partial charge < -0.3 is 15.2 Å². The summed E-state index contributed by atoms with van der Waals surface area (Å²) >= 11 is 0. The zero-order chi connectivity index (χ0) is 20.9. The second-order valence-electron chi connectivity index (χ2n) is 5.80. The van der Waals surface area contributed by atoms with Crippen LogP contribution >= 0.6 is 0 Å². The van der Waals surface area contributed by atoms with Crippen molar-refractivity contribution in [3.63, 3.8) is 0 Å². The number of amides is 1. The van der Waals surface area contributed by atoms with Crippen molar-refractivity contribution in [1.29, 1.82) is 0 Å². The first-order chi connectivity index (χ1) is 13.2. The van der Waals surface area contributed by atoms with Crippen LogP contribution < -0.4 is 10.1 Å². The van der Waals surface area contributed by atoms with E-state index in [9.17, 15) is 18.0 Å². The average molecular weight is 406 g/mol. The number of hydrogen-bond donors (Lipinski definition) is 2. The molecule has 2 rings (SSSR count). The van der Waals surface area contributed by atoms with Gasteiger partial charge in [0.1, 0.15) is 10.6 Å². The van der Waals surface area contributed by atoms with Crippen molar-refractivity contribution in [2.24, 2.45) is 0 Å². The van der Waals surface area contributed by atoms with Crippen LogP contribution in [0.2, 0.25) is 0 Å². The SMILES string of the molecule is CCN(CC)S(=O)(=O)c1cc(C(=O)Nc2cccc(C(=O)O)c2)ccc1OC. The number of aromatic carboxylic acids is 1. The molecule has 0 unspecified atom stereocenters. The van der Waals surface area contributed by atoms with Crippen molar-refractivity contribution in [3.8, 4) is 5.75 Å². The highest BCUT2D eigenvalue weighted by atomic mass is 32.2. The fourth-order valence-electron chi connectivity index (χ4n) is 2.66. The molecule has 0 aromatic heterocycles. The van der Waals surface area contributed by atoms with Crippen LogP contribution in [0, 0.1) is 0 Å². The highest BCUT2D eigenvalue weighted by Crippen LogP contribution is 2.28. The number of sulfonamides is 1. The maximum Gasteiger partial charge on any atom is 0.335 e. The van der Waals surface area contributed by atoms with Crippen LogP contribution in [-0.4, -0.2) is 49.9 Å². The molecule has 2 aromatic rings. The molecule has 2 N–H and O–H groups in total. The van der Waals surface area contributed by atoms with Crippen LogP contribution in [0.3, 0.4) is 0 Å². The van der Waals surface area contributed by atoms with Crippen LogP contribution in [0.4, 0.5) is 5.69 Å². The summed E-state index contributed by atoms with van der Waals surface area (Å²) in [5, 5.41) is 11.6. The van der Waals surface area contributed by atoms with E-state index in [0.717, 1.165) is 0 Å². The first kappa shape index (κ1) is 21.4. The second kappa shape index (κ2) is 8.85. The smallest absolute Gasteiger partial charge is 0.335 e. The maximum absolute atomic E-state index is 12.9. The topological polar surface area (TPSA) is 113 Å². The number of benzene rings is 2. The lowest BCUT2D eigenvalue weighted by atomic mass is 10.1. The Balaban J connectivity index is 2.40. The molecule has 0 aliphatic heterocycles. The van der Waals surface area contributed by atoms with Crippen molar-refractivity contribution in [3.05, 3.63) is 53.6 Å². The van der Waals surface area contributed by atoms with E-state index >= 15 is 0 Å². The number of carboxylic acids is 1. The lowest BCUT2D eigenvalue weighted by molar-refractivity contribution is 0.0696. The Labute approximate surface area is 163 Å². The molecule has 0 atom stereocenters. The molecule has 28 heavy (non-hydrogen) atoms. The Bertz CT molecular complexity index is 984. The summed E-state index contributed by atoms with van der Waals surface area (Å²) in [6.07, 6.45) is 0. The number of nitrogens with zero attached hydrogens (tertiary/aromatic N) is 1. The summed E-state index contributed by atoms with van der Waals surface area (Å²) < 4.78 is 32.2. The lowest BCUT2D eigenvalue weighted by Gasteiger charge is -2.20.